The van der Waals surface area contributed by atoms with Crippen LogP contribution in [0, 0.1) is 16.7 Å². The third kappa shape index (κ3) is 4.17. The minimum Gasteiger partial charge on any atom is -0.355 e. The highest BCUT2D eigenvalue weighted by Crippen LogP contribution is 2.42. The Labute approximate surface area is 110 Å². The predicted octanol–water partition coefficient (Wildman–Crippen LogP) is 3.58. The van der Waals surface area contributed by atoms with E-state index in [2.05, 4.69) is 33.0 Å². The van der Waals surface area contributed by atoms with Gasteiger partial charge in [-0.3, -0.25) is 4.79 Å². The molecule has 1 fully saturated rings. The van der Waals surface area contributed by atoms with Crippen LogP contribution in [0.15, 0.2) is 0 Å². The Balaban J connectivity index is 2.45. The maximum Gasteiger partial charge on any atom is 0.223 e. The van der Waals surface area contributed by atoms with Crippen LogP contribution in [-0.2, 0) is 4.79 Å². The Morgan fingerprint density at radius 2 is 2.12 bits per heavy atom. The molecule has 1 saturated carbocycles. The Hall–Kier alpha value is -0.240. The highest BCUT2D eigenvalue weighted by atomic mass is 35.5. The molecule has 0 aromatic carbocycles. The maximum absolute atomic E-state index is 12.2. The zero-order chi connectivity index (χ0) is 13.1. The van der Waals surface area contributed by atoms with Crippen molar-refractivity contribution in [2.24, 2.45) is 16.7 Å². The van der Waals surface area contributed by atoms with Gasteiger partial charge in [-0.15, -0.1) is 11.6 Å². The van der Waals surface area contributed by atoms with E-state index in [4.69, 9.17) is 11.6 Å². The van der Waals surface area contributed by atoms with Crippen LogP contribution in [-0.4, -0.2) is 18.3 Å². The quantitative estimate of drug-likeness (QED) is 0.752. The van der Waals surface area contributed by atoms with Crippen molar-refractivity contribution in [3.05, 3.63) is 0 Å². The van der Waals surface area contributed by atoms with Gasteiger partial charge in [-0.2, -0.15) is 0 Å². The molecule has 1 atom stereocenters. The lowest BCUT2D eigenvalue weighted by atomic mass is 9.81. The first-order chi connectivity index (χ1) is 7.78. The number of alkyl halides is 1. The lowest BCUT2D eigenvalue weighted by Gasteiger charge is -2.29. The summed E-state index contributed by atoms with van der Waals surface area (Å²) in [5, 5.41) is 3.11. The van der Waals surface area contributed by atoms with Gasteiger partial charge in [0.15, 0.2) is 0 Å². The molecule has 2 nitrogen and oxygen atoms in total. The van der Waals surface area contributed by atoms with Gasteiger partial charge in [0.25, 0.3) is 0 Å². The van der Waals surface area contributed by atoms with E-state index in [1.54, 1.807) is 0 Å². The summed E-state index contributed by atoms with van der Waals surface area (Å²) in [6.07, 6.45) is 4.31. The lowest BCUT2D eigenvalue weighted by molar-refractivity contribution is -0.128. The molecule has 1 amide bonds. The maximum atomic E-state index is 12.2. The Kier molecular flexibility index (Phi) is 4.88. The SMILES string of the molecule is CC(C)(CCCl)CNC(=O)C1CCCC1(C)C. The summed E-state index contributed by atoms with van der Waals surface area (Å²) in [6, 6.07) is 0. The van der Waals surface area contributed by atoms with Gasteiger partial charge >= 0.3 is 0 Å². The zero-order valence-electron chi connectivity index (χ0n) is 11.6. The number of amides is 1. The summed E-state index contributed by atoms with van der Waals surface area (Å²) in [4.78, 5) is 12.2. The average molecular weight is 260 g/mol. The molecule has 0 bridgehead atoms. The summed E-state index contributed by atoms with van der Waals surface area (Å²) >= 11 is 5.76. The van der Waals surface area contributed by atoms with Crippen LogP contribution in [0.2, 0.25) is 0 Å². The number of hydrogen-bond donors (Lipinski definition) is 1. The average Bonchev–Trinajstić information content (AvgIpc) is 2.55. The minimum atomic E-state index is 0.0974. The summed E-state index contributed by atoms with van der Waals surface area (Å²) in [5.74, 6) is 1.07. The molecule has 0 saturated heterocycles. The second-order valence-corrected chi connectivity index (χ2v) is 7.13. The fraction of sp³-hybridized carbons (Fsp3) is 0.929. The first-order valence-electron chi connectivity index (χ1n) is 6.62. The number of rotatable bonds is 5. The first kappa shape index (κ1) is 14.8. The van der Waals surface area contributed by atoms with E-state index >= 15 is 0 Å². The van der Waals surface area contributed by atoms with Crippen LogP contribution in [0.1, 0.15) is 53.4 Å². The van der Waals surface area contributed by atoms with Crippen LogP contribution >= 0.6 is 11.6 Å². The highest BCUT2D eigenvalue weighted by Gasteiger charge is 2.39. The molecular formula is C14H26ClNO. The van der Waals surface area contributed by atoms with Crippen LogP contribution < -0.4 is 5.32 Å². The molecule has 1 aliphatic rings. The van der Waals surface area contributed by atoms with Gasteiger partial charge < -0.3 is 5.32 Å². The van der Waals surface area contributed by atoms with E-state index in [1.165, 1.54) is 6.42 Å². The molecule has 0 heterocycles. The molecule has 0 aromatic rings. The standard InChI is InChI=1S/C14H26ClNO/c1-13(2,8-9-15)10-16-12(17)11-6-5-7-14(11,3)4/h11H,5-10H2,1-4H3,(H,16,17). The number of carbonyl (C=O) groups is 1. The molecule has 0 radical (unpaired) electrons. The van der Waals surface area contributed by atoms with Crippen molar-refractivity contribution in [2.45, 2.75) is 53.4 Å². The summed E-state index contributed by atoms with van der Waals surface area (Å²) < 4.78 is 0. The summed E-state index contributed by atoms with van der Waals surface area (Å²) in [7, 11) is 0. The van der Waals surface area contributed by atoms with Crippen molar-refractivity contribution in [2.75, 3.05) is 12.4 Å². The van der Waals surface area contributed by atoms with E-state index in [9.17, 15) is 4.79 Å². The van der Waals surface area contributed by atoms with E-state index in [1.807, 2.05) is 0 Å². The molecule has 1 rings (SSSR count). The van der Waals surface area contributed by atoms with Gasteiger partial charge in [-0.25, -0.2) is 0 Å². The number of carbonyl (C=O) groups excluding carboxylic acids is 1. The van der Waals surface area contributed by atoms with Gasteiger partial charge in [0.2, 0.25) is 5.91 Å². The topological polar surface area (TPSA) is 29.1 Å². The molecule has 0 aliphatic heterocycles. The first-order valence-corrected chi connectivity index (χ1v) is 7.16. The molecule has 0 spiro atoms. The van der Waals surface area contributed by atoms with Crippen molar-refractivity contribution in [1.29, 1.82) is 0 Å². The smallest absolute Gasteiger partial charge is 0.223 e. The molecule has 100 valence electrons. The van der Waals surface area contributed by atoms with Gasteiger partial charge in [-0.1, -0.05) is 34.1 Å². The minimum absolute atomic E-state index is 0.0974. The van der Waals surface area contributed by atoms with Crippen molar-refractivity contribution in [3.63, 3.8) is 0 Å². The number of halogens is 1. The molecule has 1 unspecified atom stereocenters. The number of nitrogens with one attached hydrogen (secondary N) is 1. The molecule has 3 heteroatoms. The zero-order valence-corrected chi connectivity index (χ0v) is 12.4. The Bertz CT molecular complexity index is 273. The van der Waals surface area contributed by atoms with Gasteiger partial charge in [-0.05, 0) is 30.1 Å². The normalized spacial score (nSPS) is 23.7. The predicted molar refractivity (Wildman–Crippen MR) is 73.2 cm³/mol. The second-order valence-electron chi connectivity index (χ2n) is 6.75. The molecule has 17 heavy (non-hydrogen) atoms. The van der Waals surface area contributed by atoms with E-state index < -0.39 is 0 Å². The van der Waals surface area contributed by atoms with Crippen LogP contribution in [0.4, 0.5) is 0 Å². The fourth-order valence-electron chi connectivity index (χ4n) is 2.61. The van der Waals surface area contributed by atoms with Crippen LogP contribution in [0.3, 0.4) is 0 Å². The Morgan fingerprint density at radius 3 is 2.59 bits per heavy atom. The molecular weight excluding hydrogens is 234 g/mol. The van der Waals surface area contributed by atoms with Crippen molar-refractivity contribution in [3.8, 4) is 0 Å². The van der Waals surface area contributed by atoms with Gasteiger partial charge in [0, 0.05) is 18.3 Å². The molecule has 1 aliphatic carbocycles. The highest BCUT2D eigenvalue weighted by molar-refractivity contribution is 6.17. The third-order valence-corrected chi connectivity index (χ3v) is 4.28. The van der Waals surface area contributed by atoms with E-state index in [0.29, 0.717) is 5.88 Å². The molecule has 1 N–H and O–H groups in total. The number of hydrogen-bond acceptors (Lipinski definition) is 1. The van der Waals surface area contributed by atoms with Crippen molar-refractivity contribution < 1.29 is 4.79 Å². The summed E-state index contributed by atoms with van der Waals surface area (Å²) in [6.45, 7) is 9.43. The van der Waals surface area contributed by atoms with Gasteiger partial charge in [0.05, 0.1) is 0 Å². The fourth-order valence-corrected chi connectivity index (χ4v) is 3.12. The van der Waals surface area contributed by atoms with E-state index in [0.717, 1.165) is 25.8 Å². The van der Waals surface area contributed by atoms with Gasteiger partial charge in [0.1, 0.15) is 0 Å². The van der Waals surface area contributed by atoms with Crippen LogP contribution in [0.25, 0.3) is 0 Å². The van der Waals surface area contributed by atoms with Crippen molar-refractivity contribution >= 4 is 17.5 Å². The van der Waals surface area contributed by atoms with Crippen LogP contribution in [0.5, 0.6) is 0 Å². The van der Waals surface area contributed by atoms with E-state index in [-0.39, 0.29) is 22.7 Å². The largest absolute Gasteiger partial charge is 0.355 e. The van der Waals surface area contributed by atoms with Crippen molar-refractivity contribution in [1.82, 2.24) is 5.32 Å². The monoisotopic (exact) mass is 259 g/mol. The Morgan fingerprint density at radius 1 is 1.47 bits per heavy atom. The lowest BCUT2D eigenvalue weighted by Crippen LogP contribution is -2.40. The molecule has 0 aromatic heterocycles. The summed E-state index contributed by atoms with van der Waals surface area (Å²) in [5.41, 5.74) is 0.265. The second kappa shape index (κ2) is 5.60. The third-order valence-electron chi connectivity index (χ3n) is 4.09.